The van der Waals surface area contributed by atoms with Crippen LogP contribution in [0.15, 0.2) is 59.5 Å². The van der Waals surface area contributed by atoms with Gasteiger partial charge >= 0.3 is 0 Å². The maximum absolute atomic E-state index is 12.5. The lowest BCUT2D eigenvalue weighted by Crippen LogP contribution is -2.32. The van der Waals surface area contributed by atoms with Crippen molar-refractivity contribution >= 4 is 15.9 Å². The Morgan fingerprint density at radius 3 is 2.71 bits per heavy atom. The van der Waals surface area contributed by atoms with Crippen LogP contribution in [0.2, 0.25) is 0 Å². The van der Waals surface area contributed by atoms with Crippen LogP contribution in [0.25, 0.3) is 0 Å². The van der Waals surface area contributed by atoms with Gasteiger partial charge in [0, 0.05) is 31.8 Å². The molecule has 0 spiro atoms. The van der Waals surface area contributed by atoms with Crippen molar-refractivity contribution in [1.82, 2.24) is 14.9 Å². The third-order valence-corrected chi connectivity index (χ3v) is 6.65. The lowest BCUT2D eigenvalue weighted by Gasteiger charge is -2.16. The third kappa shape index (κ3) is 7.43. The summed E-state index contributed by atoms with van der Waals surface area (Å²) in [5.74, 6) is -0.276. The second-order valence-corrected chi connectivity index (χ2v) is 9.61. The molecule has 0 bridgehead atoms. The van der Waals surface area contributed by atoms with E-state index in [1.54, 1.807) is 12.1 Å². The van der Waals surface area contributed by atoms with Gasteiger partial charge in [-0.05, 0) is 56.6 Å². The lowest BCUT2D eigenvalue weighted by molar-refractivity contribution is 0.0951. The summed E-state index contributed by atoms with van der Waals surface area (Å²) < 4.78 is 33.1. The lowest BCUT2D eigenvalue weighted by atomic mass is 10.2. The number of rotatable bonds is 11. The van der Waals surface area contributed by atoms with E-state index < -0.39 is 10.0 Å². The van der Waals surface area contributed by atoms with Crippen molar-refractivity contribution in [2.24, 2.45) is 0 Å². The van der Waals surface area contributed by atoms with Gasteiger partial charge in [-0.1, -0.05) is 36.4 Å². The van der Waals surface area contributed by atoms with Crippen LogP contribution in [0.3, 0.4) is 0 Å². The van der Waals surface area contributed by atoms with Gasteiger partial charge in [0.2, 0.25) is 10.0 Å². The van der Waals surface area contributed by atoms with E-state index in [0.29, 0.717) is 18.7 Å². The first-order valence-electron chi connectivity index (χ1n) is 10.7. The number of amides is 1. The van der Waals surface area contributed by atoms with E-state index in [1.165, 1.54) is 17.7 Å². The number of carbonyl (C=O) groups excluding carboxylic acids is 1. The number of hydrogen-bond acceptors (Lipinski definition) is 5. The third-order valence-electron chi connectivity index (χ3n) is 5.23. The maximum Gasteiger partial charge on any atom is 0.251 e. The second-order valence-electron chi connectivity index (χ2n) is 7.85. The highest BCUT2D eigenvalue weighted by molar-refractivity contribution is 7.89. The van der Waals surface area contributed by atoms with E-state index in [4.69, 9.17) is 4.74 Å². The minimum absolute atomic E-state index is 0.0821. The molecule has 168 valence electrons. The van der Waals surface area contributed by atoms with Gasteiger partial charge in [0.25, 0.3) is 5.91 Å². The van der Waals surface area contributed by atoms with Gasteiger partial charge in [0.1, 0.15) is 0 Å². The number of nitrogens with one attached hydrogen (secondary N) is 2. The van der Waals surface area contributed by atoms with Crippen LogP contribution in [-0.2, 0) is 21.3 Å². The largest absolute Gasteiger partial charge is 0.377 e. The highest BCUT2D eigenvalue weighted by Crippen LogP contribution is 2.14. The molecule has 8 heteroatoms. The number of sulfonamides is 1. The van der Waals surface area contributed by atoms with Crippen LogP contribution in [0.4, 0.5) is 0 Å². The van der Waals surface area contributed by atoms with Crippen molar-refractivity contribution in [3.05, 3.63) is 65.7 Å². The number of benzene rings is 2. The minimum atomic E-state index is -3.69. The van der Waals surface area contributed by atoms with Crippen LogP contribution in [0, 0.1) is 0 Å². The number of nitrogens with zero attached hydrogens (tertiary/aromatic N) is 1. The zero-order valence-corrected chi connectivity index (χ0v) is 18.7. The molecule has 2 N–H and O–H groups in total. The van der Waals surface area contributed by atoms with Crippen LogP contribution in [0.1, 0.15) is 35.2 Å². The van der Waals surface area contributed by atoms with Gasteiger partial charge in [-0.3, -0.25) is 4.79 Å². The second kappa shape index (κ2) is 11.4. The van der Waals surface area contributed by atoms with E-state index in [1.807, 2.05) is 25.2 Å². The van der Waals surface area contributed by atoms with Crippen molar-refractivity contribution in [3.8, 4) is 0 Å². The Morgan fingerprint density at radius 2 is 1.97 bits per heavy atom. The molecule has 2 aromatic carbocycles. The van der Waals surface area contributed by atoms with Crippen LogP contribution >= 0.6 is 0 Å². The summed E-state index contributed by atoms with van der Waals surface area (Å²) in [5, 5.41) is 2.87. The number of carbonyl (C=O) groups is 1. The van der Waals surface area contributed by atoms with Gasteiger partial charge in [0.05, 0.1) is 11.0 Å². The van der Waals surface area contributed by atoms with Gasteiger partial charge in [0.15, 0.2) is 0 Å². The standard InChI is InChI=1S/C23H31N3O4S/c1-26(18-19-8-3-2-4-9-19)14-7-13-24-23(27)20-10-5-12-22(16-20)31(28,29)25-17-21-11-6-15-30-21/h2-5,8-10,12,16,21,25H,6-7,11,13-15,17-18H2,1H3,(H,24,27). The van der Waals surface area contributed by atoms with E-state index in [9.17, 15) is 13.2 Å². The molecule has 1 atom stereocenters. The highest BCUT2D eigenvalue weighted by atomic mass is 32.2. The van der Waals surface area contributed by atoms with E-state index in [2.05, 4.69) is 27.1 Å². The molecule has 0 aromatic heterocycles. The van der Waals surface area contributed by atoms with Crippen LogP contribution < -0.4 is 10.0 Å². The molecule has 31 heavy (non-hydrogen) atoms. The fourth-order valence-corrected chi connectivity index (χ4v) is 4.63. The summed E-state index contributed by atoms with van der Waals surface area (Å²) >= 11 is 0. The molecule has 1 heterocycles. The number of hydrogen-bond donors (Lipinski definition) is 2. The first kappa shape index (κ1) is 23.4. The van der Waals surface area contributed by atoms with Gasteiger partial charge in [-0.15, -0.1) is 0 Å². The molecule has 7 nitrogen and oxygen atoms in total. The Kier molecular flexibility index (Phi) is 8.60. The molecule has 0 radical (unpaired) electrons. The average Bonchev–Trinajstić information content (AvgIpc) is 3.30. The van der Waals surface area contributed by atoms with Crippen molar-refractivity contribution in [2.45, 2.75) is 36.8 Å². The topological polar surface area (TPSA) is 87.7 Å². The first-order chi connectivity index (χ1) is 14.9. The smallest absolute Gasteiger partial charge is 0.251 e. The summed E-state index contributed by atoms with van der Waals surface area (Å²) in [5.41, 5.74) is 1.58. The molecule has 1 unspecified atom stereocenters. The predicted molar refractivity (Wildman–Crippen MR) is 120 cm³/mol. The molecule has 2 aromatic rings. The van der Waals surface area contributed by atoms with Crippen LogP contribution in [-0.4, -0.2) is 58.6 Å². The molecule has 0 saturated carbocycles. The quantitative estimate of drug-likeness (QED) is 0.519. The zero-order valence-electron chi connectivity index (χ0n) is 17.9. The highest BCUT2D eigenvalue weighted by Gasteiger charge is 2.21. The van der Waals surface area contributed by atoms with Crippen molar-refractivity contribution in [3.63, 3.8) is 0 Å². The molecule has 1 amide bonds. The summed E-state index contributed by atoms with van der Waals surface area (Å²) in [6.07, 6.45) is 2.52. The Balaban J connectivity index is 1.44. The van der Waals surface area contributed by atoms with E-state index in [-0.39, 0.29) is 23.5 Å². The fraction of sp³-hybridized carbons (Fsp3) is 0.435. The molecule has 1 aliphatic heterocycles. The van der Waals surface area contributed by atoms with E-state index in [0.717, 1.165) is 32.4 Å². The molecule has 1 aliphatic rings. The van der Waals surface area contributed by atoms with Gasteiger partial charge in [-0.2, -0.15) is 0 Å². The Morgan fingerprint density at radius 1 is 1.16 bits per heavy atom. The normalized spacial score (nSPS) is 16.5. The molecular formula is C23H31N3O4S. The Bertz CT molecular complexity index is 944. The molecule has 0 aliphatic carbocycles. The van der Waals surface area contributed by atoms with Crippen molar-refractivity contribution in [1.29, 1.82) is 0 Å². The van der Waals surface area contributed by atoms with Crippen molar-refractivity contribution in [2.75, 3.05) is 33.3 Å². The van der Waals surface area contributed by atoms with Crippen LogP contribution in [0.5, 0.6) is 0 Å². The number of ether oxygens (including phenoxy) is 1. The summed E-state index contributed by atoms with van der Waals surface area (Å²) in [4.78, 5) is 14.8. The Labute approximate surface area is 184 Å². The average molecular weight is 446 g/mol. The maximum atomic E-state index is 12.5. The fourth-order valence-electron chi connectivity index (χ4n) is 3.52. The molecule has 1 fully saturated rings. The van der Waals surface area contributed by atoms with Gasteiger partial charge in [-0.25, -0.2) is 13.1 Å². The summed E-state index contributed by atoms with van der Waals surface area (Å²) in [6.45, 7) is 3.13. The van der Waals surface area contributed by atoms with Gasteiger partial charge < -0.3 is 15.0 Å². The van der Waals surface area contributed by atoms with E-state index >= 15 is 0 Å². The Hall–Kier alpha value is -2.26. The molecule has 3 rings (SSSR count). The summed E-state index contributed by atoms with van der Waals surface area (Å²) in [7, 11) is -1.64. The first-order valence-corrected chi connectivity index (χ1v) is 12.1. The SMILES string of the molecule is CN(CCCNC(=O)c1cccc(S(=O)(=O)NCC2CCCO2)c1)Cc1ccccc1. The molecular weight excluding hydrogens is 414 g/mol. The molecule has 1 saturated heterocycles. The monoisotopic (exact) mass is 445 g/mol. The van der Waals surface area contributed by atoms with Crippen molar-refractivity contribution < 1.29 is 17.9 Å². The summed E-state index contributed by atoms with van der Waals surface area (Å²) in [6, 6.07) is 16.3. The minimum Gasteiger partial charge on any atom is -0.377 e. The zero-order chi connectivity index (χ0) is 22.1. The predicted octanol–water partition coefficient (Wildman–Crippen LogP) is 2.40.